The number of hydrogen-bond acceptors (Lipinski definition) is 1. The van der Waals surface area contributed by atoms with Crippen LogP contribution in [0.25, 0.3) is 0 Å². The number of fused-ring (bicyclic) bond motifs is 2. The van der Waals surface area contributed by atoms with E-state index in [0.717, 1.165) is 11.8 Å². The molecule has 2 aliphatic rings. The Morgan fingerprint density at radius 1 is 1.26 bits per heavy atom. The second-order valence-electron chi connectivity index (χ2n) is 5.70. The topological polar surface area (TPSA) is 24.1 Å². The van der Waals surface area contributed by atoms with Crippen molar-refractivity contribution in [3.8, 4) is 0 Å². The van der Waals surface area contributed by atoms with Crippen LogP contribution in [0.3, 0.4) is 0 Å². The number of halogens is 1. The average Bonchev–Trinajstić information content (AvgIpc) is 3.00. The lowest BCUT2D eigenvalue weighted by Gasteiger charge is -2.24. The fraction of sp³-hybridized carbons (Fsp3) is 0.533. The minimum atomic E-state index is -0.183. The largest absolute Gasteiger partial charge is 0.360 e. The summed E-state index contributed by atoms with van der Waals surface area (Å²) in [7, 11) is 0. The zero-order valence-corrected chi connectivity index (χ0v) is 11.7. The summed E-state index contributed by atoms with van der Waals surface area (Å²) in [6, 6.07) is 7.32. The van der Waals surface area contributed by atoms with Gasteiger partial charge in [-0.1, -0.05) is 24.6 Å². The van der Waals surface area contributed by atoms with Crippen molar-refractivity contribution in [3.63, 3.8) is 0 Å². The molecule has 2 fully saturated rings. The highest BCUT2D eigenvalue weighted by Gasteiger charge is 2.39. The molecule has 4 heteroatoms. The summed E-state index contributed by atoms with van der Waals surface area (Å²) < 4.78 is 13.5. The van der Waals surface area contributed by atoms with Crippen LogP contribution in [0, 0.1) is 17.7 Å². The minimum absolute atomic E-state index is 0.183. The fourth-order valence-electron chi connectivity index (χ4n) is 3.46. The molecule has 102 valence electrons. The molecule has 2 saturated carbocycles. The van der Waals surface area contributed by atoms with Gasteiger partial charge >= 0.3 is 0 Å². The maximum Gasteiger partial charge on any atom is 0.166 e. The molecule has 1 aromatic rings. The predicted octanol–water partition coefficient (Wildman–Crippen LogP) is 2.98. The van der Waals surface area contributed by atoms with E-state index < -0.39 is 0 Å². The smallest absolute Gasteiger partial charge is 0.166 e. The fourth-order valence-corrected chi connectivity index (χ4v) is 3.68. The molecule has 2 nitrogen and oxygen atoms in total. The van der Waals surface area contributed by atoms with Crippen LogP contribution in [0.1, 0.15) is 31.2 Å². The molecule has 0 spiro atoms. The van der Waals surface area contributed by atoms with Gasteiger partial charge in [-0.15, -0.1) is 0 Å². The van der Waals surface area contributed by atoms with E-state index >= 15 is 0 Å². The zero-order chi connectivity index (χ0) is 13.2. The SMILES string of the molecule is Fc1ccccc1CNC(=S)N[C@H]1C[C@@H]2CC[C@@H]1C2. The van der Waals surface area contributed by atoms with Crippen LogP contribution in [0.4, 0.5) is 4.39 Å². The van der Waals surface area contributed by atoms with Crippen LogP contribution in [0.2, 0.25) is 0 Å². The number of rotatable bonds is 3. The second kappa shape index (κ2) is 5.45. The minimum Gasteiger partial charge on any atom is -0.360 e. The zero-order valence-electron chi connectivity index (χ0n) is 10.9. The van der Waals surface area contributed by atoms with Crippen molar-refractivity contribution in [2.24, 2.45) is 11.8 Å². The Bertz CT molecular complexity index is 477. The van der Waals surface area contributed by atoms with Gasteiger partial charge in [-0.3, -0.25) is 0 Å². The molecule has 3 atom stereocenters. The highest BCUT2D eigenvalue weighted by molar-refractivity contribution is 7.80. The Balaban J connectivity index is 1.48. The van der Waals surface area contributed by atoms with E-state index in [0.29, 0.717) is 23.3 Å². The van der Waals surface area contributed by atoms with Crippen LogP contribution in [0.5, 0.6) is 0 Å². The Kier molecular flexibility index (Phi) is 3.69. The van der Waals surface area contributed by atoms with Gasteiger partial charge in [-0.2, -0.15) is 0 Å². The summed E-state index contributed by atoms with van der Waals surface area (Å²) in [5, 5.41) is 7.16. The third kappa shape index (κ3) is 2.89. The van der Waals surface area contributed by atoms with Crippen LogP contribution in [-0.4, -0.2) is 11.2 Å². The quantitative estimate of drug-likeness (QED) is 0.831. The normalized spacial score (nSPS) is 28.4. The first-order valence-electron chi connectivity index (χ1n) is 7.00. The van der Waals surface area contributed by atoms with Gasteiger partial charge in [-0.05, 0) is 49.4 Å². The molecule has 0 heterocycles. The Hall–Kier alpha value is -1.16. The summed E-state index contributed by atoms with van der Waals surface area (Å²) in [5.74, 6) is 1.51. The van der Waals surface area contributed by atoms with E-state index in [1.54, 1.807) is 12.1 Å². The van der Waals surface area contributed by atoms with Crippen molar-refractivity contribution in [2.75, 3.05) is 0 Å². The Morgan fingerprint density at radius 3 is 2.79 bits per heavy atom. The highest BCUT2D eigenvalue weighted by Crippen LogP contribution is 2.44. The van der Waals surface area contributed by atoms with Crippen molar-refractivity contribution in [1.29, 1.82) is 0 Å². The lowest BCUT2D eigenvalue weighted by Crippen LogP contribution is -2.44. The van der Waals surface area contributed by atoms with E-state index in [2.05, 4.69) is 10.6 Å². The molecule has 19 heavy (non-hydrogen) atoms. The van der Waals surface area contributed by atoms with Crippen LogP contribution in [-0.2, 0) is 6.54 Å². The van der Waals surface area contributed by atoms with Gasteiger partial charge < -0.3 is 10.6 Å². The summed E-state index contributed by atoms with van der Waals surface area (Å²) in [5.41, 5.74) is 0.652. The van der Waals surface area contributed by atoms with E-state index in [-0.39, 0.29) is 5.82 Å². The number of thiocarbonyl (C=S) groups is 1. The third-order valence-electron chi connectivity index (χ3n) is 4.45. The first kappa shape index (κ1) is 12.9. The summed E-state index contributed by atoms with van der Waals surface area (Å²) in [6.45, 7) is 0.444. The lowest BCUT2D eigenvalue weighted by molar-refractivity contribution is 0.389. The van der Waals surface area contributed by atoms with Gasteiger partial charge in [0, 0.05) is 18.2 Å². The van der Waals surface area contributed by atoms with Crippen molar-refractivity contribution in [3.05, 3.63) is 35.6 Å². The van der Waals surface area contributed by atoms with Gasteiger partial charge in [0.05, 0.1) is 0 Å². The first-order chi connectivity index (χ1) is 9.22. The molecule has 2 N–H and O–H groups in total. The van der Waals surface area contributed by atoms with Crippen molar-refractivity contribution >= 4 is 17.3 Å². The first-order valence-corrected chi connectivity index (χ1v) is 7.41. The maximum absolute atomic E-state index is 13.5. The molecule has 0 radical (unpaired) electrons. The Labute approximate surface area is 118 Å². The molecule has 0 aliphatic heterocycles. The molecule has 0 unspecified atom stereocenters. The van der Waals surface area contributed by atoms with E-state index in [1.165, 1.54) is 31.7 Å². The molecular weight excluding hydrogens is 259 g/mol. The third-order valence-corrected chi connectivity index (χ3v) is 4.71. The van der Waals surface area contributed by atoms with Crippen LogP contribution < -0.4 is 10.6 Å². The van der Waals surface area contributed by atoms with E-state index in [4.69, 9.17) is 12.2 Å². The molecule has 0 saturated heterocycles. The maximum atomic E-state index is 13.5. The molecule has 2 bridgehead atoms. The Morgan fingerprint density at radius 2 is 2.11 bits per heavy atom. The lowest BCUT2D eigenvalue weighted by atomic mass is 9.96. The number of benzene rings is 1. The molecule has 0 amide bonds. The molecular formula is C15H19FN2S. The van der Waals surface area contributed by atoms with Crippen molar-refractivity contribution < 1.29 is 4.39 Å². The van der Waals surface area contributed by atoms with Gasteiger partial charge in [0.25, 0.3) is 0 Å². The van der Waals surface area contributed by atoms with Gasteiger partial charge in [-0.25, -0.2) is 4.39 Å². The summed E-state index contributed by atoms with van der Waals surface area (Å²) >= 11 is 5.30. The van der Waals surface area contributed by atoms with Crippen LogP contribution in [0.15, 0.2) is 24.3 Å². The van der Waals surface area contributed by atoms with Gasteiger partial charge in [0.2, 0.25) is 0 Å². The predicted molar refractivity (Wildman–Crippen MR) is 78.2 cm³/mol. The monoisotopic (exact) mass is 278 g/mol. The summed E-state index contributed by atoms with van der Waals surface area (Å²) in [6.07, 6.45) is 5.32. The average molecular weight is 278 g/mol. The second-order valence-corrected chi connectivity index (χ2v) is 6.11. The van der Waals surface area contributed by atoms with Gasteiger partial charge in [0.15, 0.2) is 5.11 Å². The number of hydrogen-bond donors (Lipinski definition) is 2. The van der Waals surface area contributed by atoms with Crippen molar-refractivity contribution in [2.45, 2.75) is 38.3 Å². The van der Waals surface area contributed by atoms with E-state index in [9.17, 15) is 4.39 Å². The van der Waals surface area contributed by atoms with E-state index in [1.807, 2.05) is 6.07 Å². The molecule has 3 rings (SSSR count). The molecule has 2 aliphatic carbocycles. The molecule has 1 aromatic carbocycles. The number of nitrogens with one attached hydrogen (secondary N) is 2. The standard InChI is InChI=1S/C15H19FN2S/c16-13-4-2-1-3-12(13)9-17-15(19)18-14-8-10-5-6-11(14)7-10/h1-4,10-11,14H,5-9H2,(H2,17,18,19)/t10-,11-,14+/m1/s1. The van der Waals surface area contributed by atoms with Gasteiger partial charge in [0.1, 0.15) is 5.82 Å². The van der Waals surface area contributed by atoms with Crippen molar-refractivity contribution in [1.82, 2.24) is 10.6 Å². The highest BCUT2D eigenvalue weighted by atomic mass is 32.1. The van der Waals surface area contributed by atoms with Crippen LogP contribution >= 0.6 is 12.2 Å². The molecule has 0 aromatic heterocycles. The summed E-state index contributed by atoms with van der Waals surface area (Å²) in [4.78, 5) is 0.